The summed E-state index contributed by atoms with van der Waals surface area (Å²) in [4.78, 5) is 13.9. The van der Waals surface area contributed by atoms with E-state index in [0.29, 0.717) is 12.1 Å². The first-order chi connectivity index (χ1) is 10.0. The van der Waals surface area contributed by atoms with Gasteiger partial charge in [-0.2, -0.15) is 0 Å². The number of carbonyl (C=O) groups excluding carboxylic acids is 1. The van der Waals surface area contributed by atoms with Crippen LogP contribution in [0, 0.1) is 5.82 Å². The van der Waals surface area contributed by atoms with E-state index in [1.54, 1.807) is 30.3 Å². The second-order valence-electron chi connectivity index (χ2n) is 4.57. The van der Waals surface area contributed by atoms with Gasteiger partial charge in [-0.25, -0.2) is 4.39 Å². The average Bonchev–Trinajstić information content (AvgIpc) is 2.48. The van der Waals surface area contributed by atoms with Gasteiger partial charge in [0.2, 0.25) is 0 Å². The molecule has 0 unspecified atom stereocenters. The van der Waals surface area contributed by atoms with Gasteiger partial charge in [0.05, 0.1) is 5.56 Å². The number of carbonyl (C=O) groups is 1. The van der Waals surface area contributed by atoms with Gasteiger partial charge in [-0.15, -0.1) is 0 Å². The first-order valence-electron chi connectivity index (χ1n) is 6.54. The predicted molar refractivity (Wildman–Crippen MR) is 82.6 cm³/mol. The highest BCUT2D eigenvalue weighted by Gasteiger charge is 2.18. The summed E-state index contributed by atoms with van der Waals surface area (Å²) in [6.45, 7) is 2.38. The van der Waals surface area contributed by atoms with Gasteiger partial charge < -0.3 is 10.0 Å². The number of rotatable bonds is 4. The molecule has 1 amide bonds. The third kappa shape index (κ3) is 3.61. The molecule has 3 nitrogen and oxygen atoms in total. The van der Waals surface area contributed by atoms with Crippen molar-refractivity contribution in [2.75, 3.05) is 6.54 Å². The van der Waals surface area contributed by atoms with Gasteiger partial charge in [0.25, 0.3) is 5.91 Å². The maximum atomic E-state index is 13.8. The molecule has 0 spiro atoms. The van der Waals surface area contributed by atoms with Crippen LogP contribution in [-0.2, 0) is 6.54 Å². The number of amides is 1. The lowest BCUT2D eigenvalue weighted by atomic mass is 10.1. The minimum absolute atomic E-state index is 0.0735. The molecule has 0 aromatic heterocycles. The van der Waals surface area contributed by atoms with Crippen LogP contribution in [0.1, 0.15) is 22.8 Å². The largest absolute Gasteiger partial charge is 0.507 e. The lowest BCUT2D eigenvalue weighted by molar-refractivity contribution is 0.0748. The zero-order valence-corrected chi connectivity index (χ0v) is 13.1. The molecular formula is C16H15BrFNO2. The molecule has 0 atom stereocenters. The van der Waals surface area contributed by atoms with Crippen LogP contribution < -0.4 is 0 Å². The molecule has 1 N–H and O–H groups in total. The fourth-order valence-electron chi connectivity index (χ4n) is 2.02. The Labute approximate surface area is 131 Å². The van der Waals surface area contributed by atoms with Crippen molar-refractivity contribution in [1.29, 1.82) is 0 Å². The molecule has 110 valence electrons. The first kappa shape index (κ1) is 15.5. The Hall–Kier alpha value is -1.88. The summed E-state index contributed by atoms with van der Waals surface area (Å²) in [5.74, 6) is -0.757. The van der Waals surface area contributed by atoms with Crippen LogP contribution in [0.2, 0.25) is 0 Å². The average molecular weight is 352 g/mol. The molecule has 0 radical (unpaired) electrons. The number of para-hydroxylation sites is 1. The quantitative estimate of drug-likeness (QED) is 0.905. The van der Waals surface area contributed by atoms with E-state index in [0.717, 1.165) is 4.47 Å². The maximum Gasteiger partial charge on any atom is 0.257 e. The van der Waals surface area contributed by atoms with E-state index in [1.165, 1.54) is 17.0 Å². The minimum atomic E-state index is -0.360. The lowest BCUT2D eigenvalue weighted by Crippen LogP contribution is -2.30. The van der Waals surface area contributed by atoms with E-state index in [4.69, 9.17) is 0 Å². The molecule has 0 aliphatic carbocycles. The van der Waals surface area contributed by atoms with Crippen molar-refractivity contribution in [3.05, 3.63) is 63.9 Å². The molecule has 2 rings (SSSR count). The Kier molecular flexibility index (Phi) is 4.96. The molecular weight excluding hydrogens is 337 g/mol. The summed E-state index contributed by atoms with van der Waals surface area (Å²) in [5, 5.41) is 9.76. The summed E-state index contributed by atoms with van der Waals surface area (Å²) in [7, 11) is 0. The van der Waals surface area contributed by atoms with Gasteiger partial charge in [-0.05, 0) is 37.3 Å². The summed E-state index contributed by atoms with van der Waals surface area (Å²) < 4.78 is 14.6. The van der Waals surface area contributed by atoms with Gasteiger partial charge in [-0.1, -0.05) is 28.1 Å². The van der Waals surface area contributed by atoms with Gasteiger partial charge >= 0.3 is 0 Å². The molecule has 21 heavy (non-hydrogen) atoms. The van der Waals surface area contributed by atoms with E-state index in [9.17, 15) is 14.3 Å². The normalized spacial score (nSPS) is 10.4. The van der Waals surface area contributed by atoms with Crippen LogP contribution in [0.3, 0.4) is 0 Å². The van der Waals surface area contributed by atoms with Gasteiger partial charge in [0.1, 0.15) is 11.6 Å². The standard InChI is InChI=1S/C16H15BrFNO2/c1-2-19(10-11-9-12(17)7-8-14(11)18)16(21)13-5-3-4-6-15(13)20/h3-9,20H,2,10H2,1H3. The van der Waals surface area contributed by atoms with Crippen molar-refractivity contribution in [2.45, 2.75) is 13.5 Å². The van der Waals surface area contributed by atoms with Gasteiger partial charge in [-0.3, -0.25) is 4.79 Å². The van der Waals surface area contributed by atoms with E-state index in [1.807, 2.05) is 6.92 Å². The first-order valence-corrected chi connectivity index (χ1v) is 7.33. The highest BCUT2D eigenvalue weighted by Crippen LogP contribution is 2.21. The summed E-state index contributed by atoms with van der Waals surface area (Å²) in [6.07, 6.45) is 0. The summed E-state index contributed by atoms with van der Waals surface area (Å²) in [6, 6.07) is 11.0. The van der Waals surface area contributed by atoms with E-state index in [-0.39, 0.29) is 29.6 Å². The minimum Gasteiger partial charge on any atom is -0.507 e. The number of benzene rings is 2. The number of aromatic hydroxyl groups is 1. The molecule has 0 aliphatic rings. The Morgan fingerprint density at radius 2 is 2.00 bits per heavy atom. The number of hydrogen-bond acceptors (Lipinski definition) is 2. The van der Waals surface area contributed by atoms with Crippen LogP contribution in [0.5, 0.6) is 5.75 Å². The van der Waals surface area contributed by atoms with Crippen LogP contribution >= 0.6 is 15.9 Å². The molecule has 0 saturated heterocycles. The van der Waals surface area contributed by atoms with Gasteiger partial charge in [0, 0.05) is 23.1 Å². The highest BCUT2D eigenvalue weighted by molar-refractivity contribution is 9.10. The van der Waals surface area contributed by atoms with E-state index < -0.39 is 0 Å². The number of phenols is 1. The Bertz CT molecular complexity index is 660. The number of hydrogen-bond donors (Lipinski definition) is 1. The Morgan fingerprint density at radius 3 is 2.67 bits per heavy atom. The fourth-order valence-corrected chi connectivity index (χ4v) is 2.43. The van der Waals surface area contributed by atoms with Crippen molar-refractivity contribution in [3.63, 3.8) is 0 Å². The second kappa shape index (κ2) is 6.72. The molecule has 0 fully saturated rings. The van der Waals surface area contributed by atoms with E-state index >= 15 is 0 Å². The van der Waals surface area contributed by atoms with Crippen molar-refractivity contribution in [3.8, 4) is 5.75 Å². The number of phenolic OH excluding ortho intramolecular Hbond substituents is 1. The van der Waals surface area contributed by atoms with Crippen molar-refractivity contribution in [2.24, 2.45) is 0 Å². The van der Waals surface area contributed by atoms with Crippen molar-refractivity contribution in [1.82, 2.24) is 4.90 Å². The number of halogens is 2. The molecule has 0 heterocycles. The maximum absolute atomic E-state index is 13.8. The zero-order chi connectivity index (χ0) is 15.4. The molecule has 0 aliphatic heterocycles. The summed E-state index contributed by atoms with van der Waals surface area (Å²) in [5.41, 5.74) is 0.643. The molecule has 5 heteroatoms. The Morgan fingerprint density at radius 1 is 1.29 bits per heavy atom. The van der Waals surface area contributed by atoms with Crippen LogP contribution in [-0.4, -0.2) is 22.5 Å². The van der Waals surface area contributed by atoms with Crippen molar-refractivity contribution >= 4 is 21.8 Å². The van der Waals surface area contributed by atoms with Crippen LogP contribution in [0.15, 0.2) is 46.9 Å². The smallest absolute Gasteiger partial charge is 0.257 e. The Balaban J connectivity index is 2.26. The lowest BCUT2D eigenvalue weighted by Gasteiger charge is -2.22. The van der Waals surface area contributed by atoms with Crippen molar-refractivity contribution < 1.29 is 14.3 Å². The molecule has 0 saturated carbocycles. The van der Waals surface area contributed by atoms with E-state index in [2.05, 4.69) is 15.9 Å². The van der Waals surface area contributed by atoms with Crippen LogP contribution in [0.4, 0.5) is 4.39 Å². The van der Waals surface area contributed by atoms with Gasteiger partial charge in [0.15, 0.2) is 0 Å². The third-order valence-corrected chi connectivity index (χ3v) is 3.67. The monoisotopic (exact) mass is 351 g/mol. The highest BCUT2D eigenvalue weighted by atomic mass is 79.9. The molecule has 2 aromatic rings. The molecule has 2 aromatic carbocycles. The number of nitrogens with zero attached hydrogens (tertiary/aromatic N) is 1. The fraction of sp³-hybridized carbons (Fsp3) is 0.188. The molecule has 0 bridgehead atoms. The predicted octanol–water partition coefficient (Wildman–Crippen LogP) is 3.96. The third-order valence-electron chi connectivity index (χ3n) is 3.17. The topological polar surface area (TPSA) is 40.5 Å². The SMILES string of the molecule is CCN(Cc1cc(Br)ccc1F)C(=O)c1ccccc1O. The second-order valence-corrected chi connectivity index (χ2v) is 5.49. The van der Waals surface area contributed by atoms with Crippen LogP contribution in [0.25, 0.3) is 0 Å². The summed E-state index contributed by atoms with van der Waals surface area (Å²) >= 11 is 3.29. The zero-order valence-electron chi connectivity index (χ0n) is 11.5.